The van der Waals surface area contributed by atoms with Crippen LogP contribution in [0.2, 0.25) is 0 Å². The summed E-state index contributed by atoms with van der Waals surface area (Å²) in [5.41, 5.74) is 1.31. The Balaban J connectivity index is 1.70. The molecule has 134 valence electrons. The number of hydrogen-bond acceptors (Lipinski definition) is 3. The van der Waals surface area contributed by atoms with Crippen LogP contribution in [0.4, 0.5) is 0 Å². The minimum atomic E-state index is -0.292. The molecule has 1 aromatic rings. The lowest BCUT2D eigenvalue weighted by Gasteiger charge is -2.54. The Hall–Kier alpha value is -1.61. The number of fused-ring (bicyclic) bond motifs is 1. The maximum Gasteiger partial charge on any atom is 0.338 e. The van der Waals surface area contributed by atoms with E-state index in [1.54, 1.807) is 0 Å². The van der Waals surface area contributed by atoms with E-state index in [-0.39, 0.29) is 28.7 Å². The Kier molecular flexibility index (Phi) is 3.66. The molecule has 25 heavy (non-hydrogen) atoms. The van der Waals surface area contributed by atoms with Crippen LogP contribution in [-0.4, -0.2) is 23.3 Å². The van der Waals surface area contributed by atoms with Gasteiger partial charge in [0.05, 0.1) is 16.8 Å². The largest absolute Gasteiger partial charge is 0.458 e. The molecule has 0 unspecified atom stereocenters. The third kappa shape index (κ3) is 2.32. The number of ether oxygens (including phenoxy) is 2. The molecule has 1 aromatic carbocycles. The maximum absolute atomic E-state index is 12.7. The van der Waals surface area contributed by atoms with Crippen molar-refractivity contribution in [3.05, 3.63) is 47.5 Å². The minimum Gasteiger partial charge on any atom is -0.458 e. The number of esters is 1. The summed E-state index contributed by atoms with van der Waals surface area (Å²) >= 11 is 0. The molecule has 1 heterocycles. The molecule has 0 amide bonds. The predicted octanol–water partition coefficient (Wildman–Crippen LogP) is 4.92. The van der Waals surface area contributed by atoms with Gasteiger partial charge in [0.1, 0.15) is 6.10 Å². The van der Waals surface area contributed by atoms with E-state index in [9.17, 15) is 4.79 Å². The molecule has 3 nitrogen and oxygen atoms in total. The average molecular weight is 340 g/mol. The van der Waals surface area contributed by atoms with E-state index in [2.05, 4.69) is 33.8 Å². The average Bonchev–Trinajstić information content (AvgIpc) is 2.82. The molecule has 3 aliphatic rings. The molecular formula is C22H28O3. The van der Waals surface area contributed by atoms with E-state index in [4.69, 9.17) is 9.47 Å². The van der Waals surface area contributed by atoms with Gasteiger partial charge in [0, 0.05) is 5.41 Å². The van der Waals surface area contributed by atoms with Gasteiger partial charge in [0.2, 0.25) is 0 Å². The Morgan fingerprint density at radius 1 is 1.20 bits per heavy atom. The number of rotatable bonds is 2. The molecule has 0 radical (unpaired) electrons. The third-order valence-electron chi connectivity index (χ3n) is 7.10. The second-order valence-corrected chi connectivity index (χ2v) is 8.77. The van der Waals surface area contributed by atoms with Crippen LogP contribution in [0.5, 0.6) is 0 Å². The zero-order valence-corrected chi connectivity index (χ0v) is 15.7. The van der Waals surface area contributed by atoms with E-state index in [0.717, 1.165) is 25.7 Å². The van der Waals surface area contributed by atoms with Crippen molar-refractivity contribution in [1.82, 2.24) is 0 Å². The molecule has 1 aliphatic heterocycles. The Morgan fingerprint density at radius 2 is 1.92 bits per heavy atom. The number of benzene rings is 1. The molecule has 1 saturated heterocycles. The molecule has 1 saturated carbocycles. The van der Waals surface area contributed by atoms with Crippen molar-refractivity contribution in [3.8, 4) is 0 Å². The fraction of sp³-hybridized carbons (Fsp3) is 0.591. The van der Waals surface area contributed by atoms with Gasteiger partial charge in [-0.05, 0) is 70.1 Å². The lowest BCUT2D eigenvalue weighted by molar-refractivity contribution is -0.163. The molecule has 4 rings (SSSR count). The SMILES string of the molecule is CC1=CCC[C@@]2(C)[C@@H](OC(=O)c3ccccc3)C[C@@H]3C[C@]12OC3(C)C. The van der Waals surface area contributed by atoms with Gasteiger partial charge in [-0.25, -0.2) is 4.79 Å². The van der Waals surface area contributed by atoms with Crippen molar-refractivity contribution < 1.29 is 14.3 Å². The Bertz CT molecular complexity index is 720. The first-order chi connectivity index (χ1) is 11.8. The number of carbonyl (C=O) groups excluding carboxylic acids is 1. The molecule has 0 N–H and O–H groups in total. The fourth-order valence-corrected chi connectivity index (χ4v) is 5.42. The third-order valence-corrected chi connectivity index (χ3v) is 7.10. The second-order valence-electron chi connectivity index (χ2n) is 8.77. The van der Waals surface area contributed by atoms with Crippen LogP contribution in [0, 0.1) is 11.3 Å². The molecule has 0 aromatic heterocycles. The van der Waals surface area contributed by atoms with Crippen molar-refractivity contribution in [3.63, 3.8) is 0 Å². The summed E-state index contributed by atoms with van der Waals surface area (Å²) < 4.78 is 12.9. The summed E-state index contributed by atoms with van der Waals surface area (Å²) in [6.07, 6.45) is 6.17. The van der Waals surface area contributed by atoms with E-state index < -0.39 is 0 Å². The number of carbonyl (C=O) groups is 1. The van der Waals surface area contributed by atoms with E-state index in [0.29, 0.717) is 11.5 Å². The smallest absolute Gasteiger partial charge is 0.338 e. The van der Waals surface area contributed by atoms with Gasteiger partial charge in [-0.1, -0.05) is 31.2 Å². The highest BCUT2D eigenvalue weighted by atomic mass is 16.6. The molecule has 1 spiro atoms. The normalized spacial score (nSPS) is 38.6. The van der Waals surface area contributed by atoms with Crippen LogP contribution in [0.3, 0.4) is 0 Å². The topological polar surface area (TPSA) is 35.5 Å². The van der Waals surface area contributed by atoms with Crippen LogP contribution in [0.25, 0.3) is 0 Å². The lowest BCUT2D eigenvalue weighted by atomic mass is 9.54. The van der Waals surface area contributed by atoms with Gasteiger partial charge < -0.3 is 9.47 Å². The fourth-order valence-electron chi connectivity index (χ4n) is 5.42. The molecule has 2 aliphatic carbocycles. The van der Waals surface area contributed by atoms with Crippen molar-refractivity contribution in [2.24, 2.45) is 11.3 Å². The first kappa shape index (κ1) is 16.8. The van der Waals surface area contributed by atoms with Gasteiger partial charge in [0.25, 0.3) is 0 Å². The van der Waals surface area contributed by atoms with Crippen molar-refractivity contribution in [1.29, 1.82) is 0 Å². The van der Waals surface area contributed by atoms with Gasteiger partial charge in [-0.15, -0.1) is 0 Å². The van der Waals surface area contributed by atoms with Crippen LogP contribution in [0.1, 0.15) is 63.7 Å². The van der Waals surface area contributed by atoms with E-state index in [1.807, 2.05) is 30.3 Å². The van der Waals surface area contributed by atoms with E-state index in [1.165, 1.54) is 5.57 Å². The summed E-state index contributed by atoms with van der Waals surface area (Å²) in [4.78, 5) is 12.7. The number of allylic oxidation sites excluding steroid dienone is 1. The van der Waals surface area contributed by atoms with Crippen LogP contribution < -0.4 is 0 Å². The summed E-state index contributed by atoms with van der Waals surface area (Å²) in [6.45, 7) is 8.84. The predicted molar refractivity (Wildman–Crippen MR) is 97.4 cm³/mol. The zero-order chi connectivity index (χ0) is 17.9. The summed E-state index contributed by atoms with van der Waals surface area (Å²) in [6, 6.07) is 9.32. The molecule has 2 bridgehead atoms. The van der Waals surface area contributed by atoms with Crippen LogP contribution >= 0.6 is 0 Å². The van der Waals surface area contributed by atoms with Crippen LogP contribution in [-0.2, 0) is 9.47 Å². The standard InChI is InChI=1S/C22H28O3/c1-15-9-8-12-21(4)18(24-19(23)16-10-6-5-7-11-16)13-17-14-22(15,21)25-20(17,2)3/h5-7,9-11,17-18H,8,12-14H2,1-4H3/t17-,18+,21+,22+/m1/s1. The van der Waals surface area contributed by atoms with Crippen molar-refractivity contribution in [2.45, 2.75) is 70.7 Å². The first-order valence-electron chi connectivity index (χ1n) is 9.42. The number of hydrogen-bond donors (Lipinski definition) is 0. The van der Waals surface area contributed by atoms with Gasteiger partial charge in [-0.3, -0.25) is 0 Å². The summed E-state index contributed by atoms with van der Waals surface area (Å²) in [7, 11) is 0. The molecule has 4 atom stereocenters. The van der Waals surface area contributed by atoms with Crippen LogP contribution in [0.15, 0.2) is 42.0 Å². The minimum absolute atomic E-state index is 0.107. The monoisotopic (exact) mass is 340 g/mol. The lowest BCUT2D eigenvalue weighted by Crippen LogP contribution is -2.58. The van der Waals surface area contributed by atoms with E-state index >= 15 is 0 Å². The zero-order valence-electron chi connectivity index (χ0n) is 15.7. The van der Waals surface area contributed by atoms with Gasteiger partial charge in [0.15, 0.2) is 0 Å². The quantitative estimate of drug-likeness (QED) is 0.566. The molecular weight excluding hydrogens is 312 g/mol. The Morgan fingerprint density at radius 3 is 2.64 bits per heavy atom. The summed E-state index contributed by atoms with van der Waals surface area (Å²) in [5, 5.41) is 0. The highest BCUT2D eigenvalue weighted by molar-refractivity contribution is 5.89. The molecule has 3 heteroatoms. The Labute approximate surface area is 150 Å². The molecule has 2 fully saturated rings. The van der Waals surface area contributed by atoms with Crippen molar-refractivity contribution in [2.75, 3.05) is 0 Å². The van der Waals surface area contributed by atoms with Gasteiger partial charge >= 0.3 is 5.97 Å². The maximum atomic E-state index is 12.7. The first-order valence-corrected chi connectivity index (χ1v) is 9.42. The second kappa shape index (κ2) is 5.44. The van der Waals surface area contributed by atoms with Crippen molar-refractivity contribution >= 4 is 5.97 Å². The highest BCUT2D eigenvalue weighted by Crippen LogP contribution is 2.65. The highest BCUT2D eigenvalue weighted by Gasteiger charge is 2.68. The summed E-state index contributed by atoms with van der Waals surface area (Å²) in [5.74, 6) is 0.198. The van der Waals surface area contributed by atoms with Gasteiger partial charge in [-0.2, -0.15) is 0 Å².